The monoisotopic (exact) mass is 368 g/mol. The minimum Gasteiger partial charge on any atom is -0.360 e. The fourth-order valence-electron chi connectivity index (χ4n) is 3.72. The van der Waals surface area contributed by atoms with E-state index < -0.39 is 0 Å². The number of Topliss-reactive ketones (excluding diaryl/α,β-unsaturated/α-hetero) is 1. The molecule has 1 aromatic heterocycles. The lowest BCUT2D eigenvalue weighted by atomic mass is 9.93. The first kappa shape index (κ1) is 18.1. The Bertz CT molecular complexity index is 1130. The van der Waals surface area contributed by atoms with Crippen LogP contribution >= 0.6 is 0 Å². The van der Waals surface area contributed by atoms with Crippen LogP contribution in [-0.4, -0.2) is 10.8 Å². The van der Waals surface area contributed by atoms with Gasteiger partial charge in [0.1, 0.15) is 5.78 Å². The summed E-state index contributed by atoms with van der Waals surface area (Å²) >= 11 is 0. The fourth-order valence-corrected chi connectivity index (χ4v) is 3.72. The number of para-hydroxylation sites is 2. The number of fused-ring (bicyclic) bond motifs is 1. The number of ketones is 1. The number of carbonyl (C=O) groups excluding carboxylic acids is 1. The van der Waals surface area contributed by atoms with E-state index in [1.54, 1.807) is 6.92 Å². The predicted molar refractivity (Wildman–Crippen MR) is 117 cm³/mol. The Hall–Kier alpha value is -3.33. The van der Waals surface area contributed by atoms with Gasteiger partial charge in [0.05, 0.1) is 5.52 Å². The van der Waals surface area contributed by atoms with E-state index in [1.807, 2.05) is 18.2 Å². The van der Waals surface area contributed by atoms with Crippen molar-refractivity contribution in [1.82, 2.24) is 4.98 Å². The molecule has 0 saturated carbocycles. The minimum absolute atomic E-state index is 0.203. The van der Waals surface area contributed by atoms with E-state index in [1.165, 1.54) is 22.1 Å². The first-order valence-electron chi connectivity index (χ1n) is 9.64. The maximum Gasteiger partial charge on any atom is 0.130 e. The molecule has 0 saturated heterocycles. The van der Waals surface area contributed by atoms with Gasteiger partial charge in [0.15, 0.2) is 0 Å². The molecular weight excluding hydrogens is 344 g/mol. The summed E-state index contributed by atoms with van der Waals surface area (Å²) in [4.78, 5) is 15.2. The average molecular weight is 368 g/mol. The second-order valence-electron chi connectivity index (χ2n) is 7.22. The molecule has 3 heteroatoms. The van der Waals surface area contributed by atoms with Crippen molar-refractivity contribution in [2.24, 2.45) is 0 Å². The number of hydrogen-bond donors (Lipinski definition) is 2. The van der Waals surface area contributed by atoms with Gasteiger partial charge in [0.25, 0.3) is 0 Å². The van der Waals surface area contributed by atoms with Crippen molar-refractivity contribution in [1.29, 1.82) is 0 Å². The van der Waals surface area contributed by atoms with Gasteiger partial charge in [-0.25, -0.2) is 0 Å². The van der Waals surface area contributed by atoms with E-state index in [0.717, 1.165) is 22.5 Å². The summed E-state index contributed by atoms with van der Waals surface area (Å²) in [6.07, 6.45) is 3.28. The molecule has 0 radical (unpaired) electrons. The van der Waals surface area contributed by atoms with Gasteiger partial charge in [0.2, 0.25) is 0 Å². The quantitative estimate of drug-likeness (QED) is 0.413. The molecule has 0 bridgehead atoms. The Kier molecular flexibility index (Phi) is 4.98. The third-order valence-corrected chi connectivity index (χ3v) is 5.17. The average Bonchev–Trinajstić information content (AvgIpc) is 3.09. The number of aromatic amines is 1. The van der Waals surface area contributed by atoms with Gasteiger partial charge in [-0.15, -0.1) is 0 Å². The molecule has 0 aliphatic rings. The zero-order valence-corrected chi connectivity index (χ0v) is 16.3. The Morgan fingerprint density at radius 2 is 1.68 bits per heavy atom. The Morgan fingerprint density at radius 3 is 2.46 bits per heavy atom. The molecule has 3 aromatic carbocycles. The van der Waals surface area contributed by atoms with Crippen molar-refractivity contribution >= 4 is 28.1 Å². The summed E-state index contributed by atoms with van der Waals surface area (Å²) in [5.74, 6) is 0.203. The van der Waals surface area contributed by atoms with Crippen LogP contribution in [0.2, 0.25) is 0 Å². The van der Waals surface area contributed by atoms with Gasteiger partial charge in [-0.3, -0.25) is 0 Å². The van der Waals surface area contributed by atoms with Crippen molar-refractivity contribution in [3.63, 3.8) is 0 Å². The molecule has 1 heterocycles. The number of rotatable bonds is 6. The van der Waals surface area contributed by atoms with E-state index in [4.69, 9.17) is 0 Å². The van der Waals surface area contributed by atoms with E-state index in [0.29, 0.717) is 12.8 Å². The van der Waals surface area contributed by atoms with Crippen molar-refractivity contribution in [2.45, 2.75) is 26.7 Å². The first-order valence-corrected chi connectivity index (χ1v) is 9.64. The molecule has 140 valence electrons. The van der Waals surface area contributed by atoms with Crippen LogP contribution in [0.25, 0.3) is 22.0 Å². The largest absolute Gasteiger partial charge is 0.360 e. The molecule has 0 amide bonds. The Morgan fingerprint density at radius 1 is 0.929 bits per heavy atom. The van der Waals surface area contributed by atoms with Crippen molar-refractivity contribution in [2.75, 3.05) is 5.32 Å². The molecule has 0 atom stereocenters. The van der Waals surface area contributed by atoms with Crippen molar-refractivity contribution < 1.29 is 4.79 Å². The zero-order valence-electron chi connectivity index (χ0n) is 16.3. The third-order valence-electron chi connectivity index (χ3n) is 5.17. The smallest absolute Gasteiger partial charge is 0.130 e. The summed E-state index contributed by atoms with van der Waals surface area (Å²) in [6.45, 7) is 3.77. The van der Waals surface area contributed by atoms with Gasteiger partial charge in [-0.1, -0.05) is 48.5 Å². The lowest BCUT2D eigenvalue weighted by Gasteiger charge is -2.17. The Balaban J connectivity index is 1.86. The molecule has 0 aliphatic heterocycles. The highest BCUT2D eigenvalue weighted by atomic mass is 16.1. The van der Waals surface area contributed by atoms with E-state index in [-0.39, 0.29) is 5.78 Å². The van der Waals surface area contributed by atoms with E-state index in [2.05, 4.69) is 72.0 Å². The standard InChI is InChI=1S/C25H24N2O/c1-17-16-26-25-20(17)10-6-12-23(25)21-11-7-13-24(22(21)15-14-18(2)28)27-19-8-4-3-5-9-19/h3-13,16,26-27H,14-15H2,1-2H3. The number of aryl methyl sites for hydroxylation is 1. The summed E-state index contributed by atoms with van der Waals surface area (Å²) < 4.78 is 0. The molecule has 28 heavy (non-hydrogen) atoms. The van der Waals surface area contributed by atoms with Gasteiger partial charge in [0, 0.05) is 34.9 Å². The number of nitrogens with one attached hydrogen (secondary N) is 2. The molecule has 0 fully saturated rings. The molecule has 2 N–H and O–H groups in total. The minimum atomic E-state index is 0.203. The maximum absolute atomic E-state index is 11.7. The number of hydrogen-bond acceptors (Lipinski definition) is 2. The van der Waals surface area contributed by atoms with Crippen molar-refractivity contribution in [3.8, 4) is 11.1 Å². The zero-order chi connectivity index (χ0) is 19.5. The van der Waals surface area contributed by atoms with Gasteiger partial charge >= 0.3 is 0 Å². The highest BCUT2D eigenvalue weighted by Crippen LogP contribution is 2.36. The normalized spacial score (nSPS) is 10.9. The SMILES string of the molecule is CC(=O)CCc1c(Nc2ccccc2)cccc1-c1cccc2c(C)c[nH]c12. The molecule has 0 spiro atoms. The van der Waals surface area contributed by atoms with E-state index in [9.17, 15) is 4.79 Å². The number of carbonyl (C=O) groups is 1. The van der Waals surface area contributed by atoms with Crippen LogP contribution < -0.4 is 5.32 Å². The number of aromatic nitrogens is 1. The molecule has 0 unspecified atom stereocenters. The Labute approximate surface area is 165 Å². The highest BCUT2D eigenvalue weighted by Gasteiger charge is 2.15. The summed E-state index contributed by atoms with van der Waals surface area (Å²) in [5.41, 5.74) is 7.96. The van der Waals surface area contributed by atoms with Gasteiger partial charge < -0.3 is 15.1 Å². The molecule has 0 aliphatic carbocycles. The topological polar surface area (TPSA) is 44.9 Å². The first-order chi connectivity index (χ1) is 13.6. The lowest BCUT2D eigenvalue weighted by Crippen LogP contribution is -2.02. The maximum atomic E-state index is 11.7. The van der Waals surface area contributed by atoms with Gasteiger partial charge in [-0.2, -0.15) is 0 Å². The highest BCUT2D eigenvalue weighted by molar-refractivity contribution is 5.97. The third kappa shape index (κ3) is 3.56. The van der Waals surface area contributed by atoms with Crippen LogP contribution in [-0.2, 0) is 11.2 Å². The van der Waals surface area contributed by atoms with Crippen LogP contribution in [0.5, 0.6) is 0 Å². The summed E-state index contributed by atoms with van der Waals surface area (Å²) in [5, 5.41) is 4.77. The van der Waals surface area contributed by atoms with Crippen LogP contribution in [0.3, 0.4) is 0 Å². The molecule has 3 nitrogen and oxygen atoms in total. The van der Waals surface area contributed by atoms with Crippen LogP contribution in [0.1, 0.15) is 24.5 Å². The molecular formula is C25H24N2O. The fraction of sp³-hybridized carbons (Fsp3) is 0.160. The number of anilines is 2. The van der Waals surface area contributed by atoms with Crippen LogP contribution in [0, 0.1) is 6.92 Å². The van der Waals surface area contributed by atoms with Crippen LogP contribution in [0.15, 0.2) is 72.9 Å². The summed E-state index contributed by atoms with van der Waals surface area (Å²) in [7, 11) is 0. The van der Waals surface area contributed by atoms with Crippen LogP contribution in [0.4, 0.5) is 11.4 Å². The molecule has 4 aromatic rings. The second kappa shape index (κ2) is 7.73. The summed E-state index contributed by atoms with van der Waals surface area (Å²) in [6, 6.07) is 22.9. The predicted octanol–water partition coefficient (Wildman–Crippen LogP) is 6.41. The number of benzene rings is 3. The van der Waals surface area contributed by atoms with Crippen molar-refractivity contribution in [3.05, 3.63) is 84.1 Å². The lowest BCUT2D eigenvalue weighted by molar-refractivity contribution is -0.116. The second-order valence-corrected chi connectivity index (χ2v) is 7.22. The van der Waals surface area contributed by atoms with E-state index >= 15 is 0 Å². The van der Waals surface area contributed by atoms with Gasteiger partial charge in [-0.05, 0) is 55.2 Å². The number of H-pyrrole nitrogens is 1. The molecule has 4 rings (SSSR count).